The van der Waals surface area contributed by atoms with Gasteiger partial charge in [-0.05, 0) is 43.5 Å². The minimum atomic E-state index is -0.238. The van der Waals surface area contributed by atoms with Crippen molar-refractivity contribution >= 4 is 23.6 Å². The van der Waals surface area contributed by atoms with E-state index in [1.54, 1.807) is 31.2 Å². The van der Waals surface area contributed by atoms with E-state index in [0.717, 1.165) is 25.0 Å². The van der Waals surface area contributed by atoms with Gasteiger partial charge in [0.25, 0.3) is 11.8 Å². The van der Waals surface area contributed by atoms with Crippen LogP contribution in [0.1, 0.15) is 35.7 Å². The first-order valence-electron chi connectivity index (χ1n) is 9.17. The van der Waals surface area contributed by atoms with E-state index < -0.39 is 0 Å². The number of carbonyl (C=O) groups excluding carboxylic acids is 2. The van der Waals surface area contributed by atoms with Gasteiger partial charge in [0.1, 0.15) is 0 Å². The molecule has 1 unspecified atom stereocenters. The third-order valence-electron chi connectivity index (χ3n) is 4.48. The molecular formula is C22H24N2O3. The van der Waals surface area contributed by atoms with Crippen LogP contribution in [-0.4, -0.2) is 31.1 Å². The quantitative estimate of drug-likeness (QED) is 0.769. The van der Waals surface area contributed by atoms with E-state index in [0.29, 0.717) is 23.4 Å². The average Bonchev–Trinajstić information content (AvgIpc) is 3.21. The van der Waals surface area contributed by atoms with E-state index in [2.05, 4.69) is 10.6 Å². The van der Waals surface area contributed by atoms with Gasteiger partial charge in [-0.1, -0.05) is 42.5 Å². The minimum absolute atomic E-state index is 0.0757. The number of rotatable bonds is 6. The number of anilines is 1. The molecule has 1 aliphatic heterocycles. The Morgan fingerprint density at radius 2 is 1.85 bits per heavy atom. The van der Waals surface area contributed by atoms with Crippen LogP contribution < -0.4 is 10.6 Å². The van der Waals surface area contributed by atoms with Crippen molar-refractivity contribution in [1.29, 1.82) is 0 Å². The van der Waals surface area contributed by atoms with E-state index in [-0.39, 0.29) is 17.9 Å². The van der Waals surface area contributed by atoms with Crippen LogP contribution in [0.15, 0.2) is 60.2 Å². The largest absolute Gasteiger partial charge is 0.376 e. The molecular weight excluding hydrogens is 340 g/mol. The van der Waals surface area contributed by atoms with Gasteiger partial charge in [-0.15, -0.1) is 0 Å². The number of hydrogen-bond donors (Lipinski definition) is 2. The summed E-state index contributed by atoms with van der Waals surface area (Å²) in [5.41, 5.74) is 2.45. The zero-order valence-corrected chi connectivity index (χ0v) is 15.4. The Labute approximate surface area is 159 Å². The Bertz CT molecular complexity index is 824. The highest BCUT2D eigenvalue weighted by Gasteiger charge is 2.18. The number of amides is 2. The number of hydrogen-bond acceptors (Lipinski definition) is 3. The normalized spacial score (nSPS) is 16.8. The highest BCUT2D eigenvalue weighted by molar-refractivity contribution is 6.10. The Hall–Kier alpha value is -2.92. The van der Waals surface area contributed by atoms with Gasteiger partial charge in [0.05, 0.1) is 17.4 Å². The molecule has 2 N–H and O–H groups in total. The molecule has 1 fully saturated rings. The van der Waals surface area contributed by atoms with Gasteiger partial charge in [0, 0.05) is 18.7 Å². The Morgan fingerprint density at radius 1 is 1.11 bits per heavy atom. The van der Waals surface area contributed by atoms with Crippen molar-refractivity contribution in [3.63, 3.8) is 0 Å². The third kappa shape index (κ3) is 5.28. The van der Waals surface area contributed by atoms with E-state index in [1.165, 1.54) is 0 Å². The molecule has 27 heavy (non-hydrogen) atoms. The topological polar surface area (TPSA) is 67.4 Å². The average molecular weight is 364 g/mol. The van der Waals surface area contributed by atoms with Gasteiger partial charge in [-0.25, -0.2) is 0 Å². The van der Waals surface area contributed by atoms with Crippen molar-refractivity contribution in [3.05, 3.63) is 71.3 Å². The zero-order chi connectivity index (χ0) is 19.1. The first-order chi connectivity index (χ1) is 13.1. The molecule has 2 aromatic carbocycles. The molecule has 0 radical (unpaired) electrons. The molecule has 5 heteroatoms. The van der Waals surface area contributed by atoms with Crippen LogP contribution in [0.25, 0.3) is 6.08 Å². The molecule has 0 bridgehead atoms. The number of nitrogens with one attached hydrogen (secondary N) is 2. The van der Waals surface area contributed by atoms with Gasteiger partial charge in [0.2, 0.25) is 0 Å². The molecule has 0 aliphatic carbocycles. The molecule has 2 aromatic rings. The second-order valence-electron chi connectivity index (χ2n) is 6.58. The van der Waals surface area contributed by atoms with E-state index in [1.807, 2.05) is 36.4 Å². The van der Waals surface area contributed by atoms with Crippen molar-refractivity contribution in [1.82, 2.24) is 5.32 Å². The van der Waals surface area contributed by atoms with Crippen LogP contribution >= 0.6 is 0 Å². The Kier molecular flexibility index (Phi) is 6.39. The summed E-state index contributed by atoms with van der Waals surface area (Å²) in [6, 6.07) is 16.7. The van der Waals surface area contributed by atoms with Crippen molar-refractivity contribution < 1.29 is 14.3 Å². The molecule has 0 aromatic heterocycles. The number of benzene rings is 2. The first-order valence-corrected chi connectivity index (χ1v) is 9.17. The van der Waals surface area contributed by atoms with Crippen LogP contribution in [-0.2, 0) is 9.53 Å². The summed E-state index contributed by atoms with van der Waals surface area (Å²) in [4.78, 5) is 25.1. The zero-order valence-electron chi connectivity index (χ0n) is 15.4. The number of carbonyl (C=O) groups is 2. The summed E-state index contributed by atoms with van der Waals surface area (Å²) in [6.45, 7) is 2.98. The standard InChI is InChI=1S/C22H24N2O3/c1-16(14-17-8-3-2-4-9-17)21(25)24-20-12-6-5-11-19(20)22(26)23-15-18-10-7-13-27-18/h2-6,8-9,11-12,14,18H,7,10,13,15H2,1H3,(H,23,26)(H,24,25)/b16-14+. The van der Waals surface area contributed by atoms with E-state index in [9.17, 15) is 9.59 Å². The second-order valence-corrected chi connectivity index (χ2v) is 6.58. The monoisotopic (exact) mass is 364 g/mol. The predicted molar refractivity (Wildman–Crippen MR) is 106 cm³/mol. The van der Waals surface area contributed by atoms with Crippen molar-refractivity contribution in [2.24, 2.45) is 0 Å². The van der Waals surface area contributed by atoms with Crippen molar-refractivity contribution in [3.8, 4) is 0 Å². The van der Waals surface area contributed by atoms with Crippen LogP contribution in [0.4, 0.5) is 5.69 Å². The third-order valence-corrected chi connectivity index (χ3v) is 4.48. The fourth-order valence-corrected chi connectivity index (χ4v) is 2.98. The second kappa shape index (κ2) is 9.14. The lowest BCUT2D eigenvalue weighted by Crippen LogP contribution is -2.32. The molecule has 5 nitrogen and oxygen atoms in total. The Morgan fingerprint density at radius 3 is 2.59 bits per heavy atom. The Balaban J connectivity index is 1.66. The summed E-state index contributed by atoms with van der Waals surface area (Å²) < 4.78 is 5.53. The molecule has 2 amide bonds. The van der Waals surface area contributed by atoms with Crippen molar-refractivity contribution in [2.75, 3.05) is 18.5 Å². The van der Waals surface area contributed by atoms with Crippen LogP contribution in [0, 0.1) is 0 Å². The molecule has 3 rings (SSSR count). The highest BCUT2D eigenvalue weighted by Crippen LogP contribution is 2.17. The van der Waals surface area contributed by atoms with Gasteiger partial charge in [-0.3, -0.25) is 9.59 Å². The first kappa shape index (κ1) is 18.9. The van der Waals surface area contributed by atoms with Gasteiger partial charge in [-0.2, -0.15) is 0 Å². The maximum Gasteiger partial charge on any atom is 0.253 e. The molecule has 1 saturated heterocycles. The fraction of sp³-hybridized carbons (Fsp3) is 0.273. The summed E-state index contributed by atoms with van der Waals surface area (Å²) in [6.07, 6.45) is 3.88. The summed E-state index contributed by atoms with van der Waals surface area (Å²) >= 11 is 0. The maximum absolute atomic E-state index is 12.5. The lowest BCUT2D eigenvalue weighted by molar-refractivity contribution is -0.112. The molecule has 1 atom stereocenters. The molecule has 1 aliphatic rings. The van der Waals surface area contributed by atoms with Gasteiger partial charge >= 0.3 is 0 Å². The lowest BCUT2D eigenvalue weighted by atomic mass is 10.1. The smallest absolute Gasteiger partial charge is 0.253 e. The minimum Gasteiger partial charge on any atom is -0.376 e. The van der Waals surface area contributed by atoms with E-state index >= 15 is 0 Å². The van der Waals surface area contributed by atoms with Crippen LogP contribution in [0.3, 0.4) is 0 Å². The highest BCUT2D eigenvalue weighted by atomic mass is 16.5. The summed E-state index contributed by atoms with van der Waals surface area (Å²) in [5.74, 6) is -0.454. The number of para-hydroxylation sites is 1. The predicted octanol–water partition coefficient (Wildman–Crippen LogP) is 3.64. The number of ether oxygens (including phenoxy) is 1. The SMILES string of the molecule is C/C(=C\c1ccccc1)C(=O)Nc1ccccc1C(=O)NCC1CCCO1. The van der Waals surface area contributed by atoms with E-state index in [4.69, 9.17) is 4.74 Å². The molecule has 0 spiro atoms. The van der Waals surface area contributed by atoms with Crippen LogP contribution in [0.2, 0.25) is 0 Å². The van der Waals surface area contributed by atoms with Crippen molar-refractivity contribution in [2.45, 2.75) is 25.9 Å². The van der Waals surface area contributed by atoms with Gasteiger partial charge in [0.15, 0.2) is 0 Å². The molecule has 1 heterocycles. The fourth-order valence-electron chi connectivity index (χ4n) is 2.98. The summed E-state index contributed by atoms with van der Waals surface area (Å²) in [7, 11) is 0. The van der Waals surface area contributed by atoms with Gasteiger partial charge < -0.3 is 15.4 Å². The van der Waals surface area contributed by atoms with Crippen LogP contribution in [0.5, 0.6) is 0 Å². The summed E-state index contributed by atoms with van der Waals surface area (Å²) in [5, 5.41) is 5.73. The molecule has 0 saturated carbocycles. The lowest BCUT2D eigenvalue weighted by Gasteiger charge is -2.14. The molecule has 140 valence electrons. The maximum atomic E-state index is 12.5.